The molecule has 3 N–H and O–H groups in total. The second-order valence-corrected chi connectivity index (χ2v) is 6.27. The quantitative estimate of drug-likeness (QED) is 0.852. The molecular formula is C13H22N4O2. The second-order valence-electron chi connectivity index (χ2n) is 6.27. The van der Waals surface area contributed by atoms with Gasteiger partial charge >= 0.3 is 0 Å². The van der Waals surface area contributed by atoms with E-state index in [9.17, 15) is 9.59 Å². The first-order valence-electron chi connectivity index (χ1n) is 6.17. The molecule has 0 saturated carbocycles. The Morgan fingerprint density at radius 3 is 2.42 bits per heavy atom. The molecule has 106 valence electrons. The molecule has 0 aliphatic carbocycles. The van der Waals surface area contributed by atoms with Crippen molar-refractivity contribution in [1.29, 1.82) is 0 Å². The molecule has 19 heavy (non-hydrogen) atoms. The number of anilines is 1. The zero-order valence-corrected chi connectivity index (χ0v) is 12.2. The third-order valence-electron chi connectivity index (χ3n) is 2.64. The average Bonchev–Trinajstić information content (AvgIpc) is 2.16. The van der Waals surface area contributed by atoms with Crippen molar-refractivity contribution < 1.29 is 4.79 Å². The Hall–Kier alpha value is -1.85. The summed E-state index contributed by atoms with van der Waals surface area (Å²) in [5, 5.41) is 2.99. The fourth-order valence-electron chi connectivity index (χ4n) is 1.83. The van der Waals surface area contributed by atoms with Crippen LogP contribution in [0.25, 0.3) is 0 Å². The first kappa shape index (κ1) is 15.2. The molecule has 0 bridgehead atoms. The van der Waals surface area contributed by atoms with Crippen molar-refractivity contribution in [3.63, 3.8) is 0 Å². The Kier molecular flexibility index (Phi) is 4.03. The summed E-state index contributed by atoms with van der Waals surface area (Å²) in [4.78, 5) is 27.3. The van der Waals surface area contributed by atoms with Crippen LogP contribution in [-0.4, -0.2) is 21.0 Å². The van der Waals surface area contributed by atoms with Gasteiger partial charge in [-0.25, -0.2) is 4.98 Å². The molecule has 0 spiro atoms. The minimum absolute atomic E-state index is 0.124. The molecule has 0 aromatic carbocycles. The molecule has 0 radical (unpaired) electrons. The Balaban J connectivity index is 3.11. The van der Waals surface area contributed by atoms with E-state index in [0.717, 1.165) is 0 Å². The van der Waals surface area contributed by atoms with E-state index < -0.39 is 11.4 Å². The Morgan fingerprint density at radius 2 is 1.95 bits per heavy atom. The van der Waals surface area contributed by atoms with Crippen molar-refractivity contribution in [1.82, 2.24) is 9.55 Å². The molecule has 1 amide bonds. The van der Waals surface area contributed by atoms with Gasteiger partial charge in [0.25, 0.3) is 5.56 Å². The van der Waals surface area contributed by atoms with Crippen molar-refractivity contribution in [2.75, 3.05) is 5.32 Å². The number of hydrogen-bond donors (Lipinski definition) is 2. The van der Waals surface area contributed by atoms with Crippen LogP contribution in [0, 0.1) is 0 Å². The van der Waals surface area contributed by atoms with Gasteiger partial charge in [-0.3, -0.25) is 9.59 Å². The highest BCUT2D eigenvalue weighted by Crippen LogP contribution is 2.15. The molecule has 0 unspecified atom stereocenters. The van der Waals surface area contributed by atoms with Crippen LogP contribution in [0.4, 0.5) is 5.82 Å². The van der Waals surface area contributed by atoms with Gasteiger partial charge in [0, 0.05) is 29.9 Å². The first-order chi connectivity index (χ1) is 8.53. The topological polar surface area (TPSA) is 90.0 Å². The standard InChI is InChI=1S/C13H22N4O2/c1-12(2,3)17-7-6-15-10(11(17)19)16-13(4,5)8-9(14)18/h6-7H,8H2,1-5H3,(H2,14,18)(H,15,16). The molecule has 0 fully saturated rings. The molecule has 0 saturated heterocycles. The van der Waals surface area contributed by atoms with Gasteiger partial charge in [0.15, 0.2) is 5.82 Å². The zero-order chi connectivity index (χ0) is 14.8. The van der Waals surface area contributed by atoms with Crippen molar-refractivity contribution >= 4 is 11.7 Å². The van der Waals surface area contributed by atoms with E-state index >= 15 is 0 Å². The van der Waals surface area contributed by atoms with Crippen LogP contribution in [0.5, 0.6) is 0 Å². The highest BCUT2D eigenvalue weighted by Gasteiger charge is 2.24. The monoisotopic (exact) mass is 266 g/mol. The lowest BCUT2D eigenvalue weighted by atomic mass is 10.0. The largest absolute Gasteiger partial charge is 0.370 e. The number of hydrogen-bond acceptors (Lipinski definition) is 4. The van der Waals surface area contributed by atoms with E-state index in [0.29, 0.717) is 0 Å². The normalized spacial score (nSPS) is 12.3. The van der Waals surface area contributed by atoms with Gasteiger partial charge in [-0.1, -0.05) is 0 Å². The zero-order valence-electron chi connectivity index (χ0n) is 12.2. The third-order valence-corrected chi connectivity index (χ3v) is 2.64. The van der Waals surface area contributed by atoms with Gasteiger partial charge in [-0.05, 0) is 34.6 Å². The predicted molar refractivity (Wildman–Crippen MR) is 75.0 cm³/mol. The molecule has 0 atom stereocenters. The Bertz CT molecular complexity index is 526. The fourth-order valence-corrected chi connectivity index (χ4v) is 1.83. The molecule has 1 aromatic rings. The number of nitrogens with one attached hydrogen (secondary N) is 1. The van der Waals surface area contributed by atoms with Crippen molar-refractivity contribution in [2.45, 2.75) is 52.1 Å². The molecular weight excluding hydrogens is 244 g/mol. The predicted octanol–water partition coefficient (Wildman–Crippen LogP) is 1.06. The smallest absolute Gasteiger partial charge is 0.293 e. The second kappa shape index (κ2) is 5.03. The maximum Gasteiger partial charge on any atom is 0.293 e. The lowest BCUT2D eigenvalue weighted by molar-refractivity contribution is -0.118. The number of primary amides is 1. The molecule has 0 aliphatic rings. The number of amides is 1. The number of carbonyl (C=O) groups is 1. The van der Waals surface area contributed by atoms with E-state index in [1.807, 2.05) is 20.8 Å². The van der Waals surface area contributed by atoms with Crippen LogP contribution in [0.1, 0.15) is 41.0 Å². The van der Waals surface area contributed by atoms with Gasteiger partial charge in [0.05, 0.1) is 0 Å². The van der Waals surface area contributed by atoms with Crippen LogP contribution < -0.4 is 16.6 Å². The first-order valence-corrected chi connectivity index (χ1v) is 6.17. The van der Waals surface area contributed by atoms with Gasteiger partial charge in [-0.2, -0.15) is 0 Å². The van der Waals surface area contributed by atoms with E-state index in [1.54, 1.807) is 30.8 Å². The summed E-state index contributed by atoms with van der Waals surface area (Å²) in [6.45, 7) is 9.41. The van der Waals surface area contributed by atoms with Crippen molar-refractivity contribution in [3.05, 3.63) is 22.7 Å². The third kappa shape index (κ3) is 4.08. The van der Waals surface area contributed by atoms with Crippen molar-refractivity contribution in [2.24, 2.45) is 5.73 Å². The SMILES string of the molecule is CC(C)(CC(N)=O)Nc1nccn(C(C)(C)C)c1=O. The van der Waals surface area contributed by atoms with Crippen LogP contribution in [0.15, 0.2) is 17.2 Å². The van der Waals surface area contributed by atoms with E-state index in [1.165, 1.54) is 0 Å². The molecule has 6 nitrogen and oxygen atoms in total. The Morgan fingerprint density at radius 1 is 1.37 bits per heavy atom. The summed E-state index contributed by atoms with van der Waals surface area (Å²) in [6.07, 6.45) is 3.34. The lowest BCUT2D eigenvalue weighted by Crippen LogP contribution is -2.41. The fraction of sp³-hybridized carbons (Fsp3) is 0.615. The summed E-state index contributed by atoms with van der Waals surface area (Å²) in [5.41, 5.74) is 4.03. The lowest BCUT2D eigenvalue weighted by Gasteiger charge is -2.27. The number of rotatable bonds is 4. The summed E-state index contributed by atoms with van der Waals surface area (Å²) >= 11 is 0. The number of nitrogens with two attached hydrogens (primary N) is 1. The highest BCUT2D eigenvalue weighted by atomic mass is 16.1. The maximum atomic E-state index is 12.3. The van der Waals surface area contributed by atoms with E-state index in [2.05, 4.69) is 10.3 Å². The number of aromatic nitrogens is 2. The summed E-state index contributed by atoms with van der Waals surface area (Å²) < 4.78 is 1.60. The maximum absolute atomic E-state index is 12.3. The van der Waals surface area contributed by atoms with E-state index in [-0.39, 0.29) is 23.3 Å². The minimum Gasteiger partial charge on any atom is -0.370 e. The van der Waals surface area contributed by atoms with Crippen LogP contribution in [-0.2, 0) is 10.3 Å². The molecule has 1 heterocycles. The van der Waals surface area contributed by atoms with Crippen molar-refractivity contribution in [3.8, 4) is 0 Å². The molecule has 1 aromatic heterocycles. The number of carbonyl (C=O) groups excluding carboxylic acids is 1. The summed E-state index contributed by atoms with van der Waals surface area (Å²) in [5.74, 6) is -0.201. The summed E-state index contributed by atoms with van der Waals surface area (Å²) in [6, 6.07) is 0. The van der Waals surface area contributed by atoms with Gasteiger partial charge in [0.1, 0.15) is 0 Å². The summed E-state index contributed by atoms with van der Waals surface area (Å²) in [7, 11) is 0. The van der Waals surface area contributed by atoms with E-state index in [4.69, 9.17) is 5.73 Å². The van der Waals surface area contributed by atoms with Gasteiger partial charge in [-0.15, -0.1) is 0 Å². The van der Waals surface area contributed by atoms with Crippen LogP contribution in [0.3, 0.4) is 0 Å². The van der Waals surface area contributed by atoms with Gasteiger partial charge in [0.2, 0.25) is 5.91 Å². The molecule has 1 rings (SSSR count). The Labute approximate surface area is 113 Å². The molecule has 6 heteroatoms. The number of nitrogens with zero attached hydrogens (tertiary/aromatic N) is 2. The minimum atomic E-state index is -0.616. The molecule has 0 aliphatic heterocycles. The van der Waals surface area contributed by atoms with Gasteiger partial charge < -0.3 is 15.6 Å². The average molecular weight is 266 g/mol. The van der Waals surface area contributed by atoms with Crippen LogP contribution >= 0.6 is 0 Å². The highest BCUT2D eigenvalue weighted by molar-refractivity contribution is 5.75. The van der Waals surface area contributed by atoms with Crippen LogP contribution in [0.2, 0.25) is 0 Å².